The van der Waals surface area contributed by atoms with Crippen molar-refractivity contribution in [3.05, 3.63) is 84.4 Å². The first-order chi connectivity index (χ1) is 21.5. The number of carbonyl (C=O) groups is 3. The Balaban J connectivity index is 1.03. The highest BCUT2D eigenvalue weighted by molar-refractivity contribution is 6.04. The van der Waals surface area contributed by atoms with Crippen LogP contribution in [0.15, 0.2) is 78.9 Å². The molecule has 0 aromatic heterocycles. The van der Waals surface area contributed by atoms with Gasteiger partial charge in [0.1, 0.15) is 29.9 Å². The lowest BCUT2D eigenvalue weighted by Gasteiger charge is -2.36. The molecule has 3 aliphatic heterocycles. The van der Waals surface area contributed by atoms with Gasteiger partial charge in [0.15, 0.2) is 0 Å². The van der Waals surface area contributed by atoms with Crippen LogP contribution >= 0.6 is 0 Å². The second-order valence-corrected chi connectivity index (χ2v) is 10.7. The molecule has 2 atom stereocenters. The number of nitrogens with one attached hydrogen (secondary N) is 1. The molecule has 3 aromatic carbocycles. The number of carbonyl (C=O) groups excluding carboxylic acids is 3. The van der Waals surface area contributed by atoms with E-state index < -0.39 is 24.1 Å². The summed E-state index contributed by atoms with van der Waals surface area (Å²) in [5, 5.41) is 3.88. The van der Waals surface area contributed by atoms with Crippen LogP contribution in [0.2, 0.25) is 0 Å². The van der Waals surface area contributed by atoms with E-state index in [4.69, 9.17) is 20.7 Å². The zero-order chi connectivity index (χ0) is 30.5. The summed E-state index contributed by atoms with van der Waals surface area (Å²) in [7, 11) is 0. The molecule has 1 N–H and O–H groups in total. The van der Waals surface area contributed by atoms with E-state index in [2.05, 4.69) is 16.1 Å². The molecular formula is C33H33N5O6. The monoisotopic (exact) mass is 595 g/mol. The SMILES string of the molecule is C#CCOc1ccc(N2CCN(C(=O)ON3C(=O)C4CNCC(Cc5ccc(Oc6ccccc6)cc5)N4C3=O)CC2)cc1. The number of benzene rings is 3. The van der Waals surface area contributed by atoms with Crippen molar-refractivity contribution in [1.29, 1.82) is 0 Å². The number of piperazine rings is 2. The third-order valence-corrected chi connectivity index (χ3v) is 7.93. The molecule has 3 saturated heterocycles. The minimum absolute atomic E-state index is 0.205. The van der Waals surface area contributed by atoms with Crippen molar-refractivity contribution < 1.29 is 28.7 Å². The smallest absolute Gasteiger partial charge is 0.434 e. The maximum atomic E-state index is 13.4. The predicted octanol–water partition coefficient (Wildman–Crippen LogP) is 3.51. The third-order valence-electron chi connectivity index (χ3n) is 7.93. The molecule has 4 amide bonds. The molecule has 0 spiro atoms. The van der Waals surface area contributed by atoms with Gasteiger partial charge in [0.2, 0.25) is 0 Å². The summed E-state index contributed by atoms with van der Waals surface area (Å²) in [5.41, 5.74) is 1.98. The fourth-order valence-corrected chi connectivity index (χ4v) is 5.67. The number of fused-ring (bicyclic) bond motifs is 1. The number of terminal acetylenes is 1. The van der Waals surface area contributed by atoms with Crippen molar-refractivity contribution in [2.24, 2.45) is 0 Å². The number of amides is 4. The standard InChI is InChI=1S/C33H33N5O6/c1-2-20-42-27-14-10-25(11-15-27)35-16-18-36(19-17-35)33(41)44-38-31(39)30-23-34-22-26(37(30)32(38)40)21-24-8-12-29(13-9-24)43-28-6-4-3-5-7-28/h1,3-15,26,30,34H,16-23H2. The van der Waals surface area contributed by atoms with Crippen LogP contribution in [0.4, 0.5) is 15.3 Å². The Hall–Kier alpha value is -5.21. The van der Waals surface area contributed by atoms with Crippen molar-refractivity contribution >= 4 is 23.7 Å². The molecule has 11 heteroatoms. The number of ether oxygens (including phenoxy) is 2. The summed E-state index contributed by atoms with van der Waals surface area (Å²) in [6, 6.07) is 23.1. The van der Waals surface area contributed by atoms with Crippen molar-refractivity contribution in [3.8, 4) is 29.6 Å². The quantitative estimate of drug-likeness (QED) is 0.312. The molecule has 6 rings (SSSR count). The predicted molar refractivity (Wildman–Crippen MR) is 162 cm³/mol. The number of rotatable bonds is 8. The van der Waals surface area contributed by atoms with Gasteiger partial charge in [-0.2, -0.15) is 0 Å². The first kappa shape index (κ1) is 28.9. The Bertz CT molecular complexity index is 1520. The molecule has 3 fully saturated rings. The number of para-hydroxylation sites is 1. The van der Waals surface area contributed by atoms with Gasteiger partial charge in [-0.1, -0.05) is 41.3 Å². The summed E-state index contributed by atoms with van der Waals surface area (Å²) < 4.78 is 11.3. The third kappa shape index (κ3) is 6.26. The summed E-state index contributed by atoms with van der Waals surface area (Å²) in [6.45, 7) is 2.91. The second-order valence-electron chi connectivity index (χ2n) is 10.7. The number of hydrogen-bond acceptors (Lipinski definition) is 8. The average molecular weight is 596 g/mol. The Morgan fingerprint density at radius 3 is 2.25 bits per heavy atom. The molecule has 44 heavy (non-hydrogen) atoms. The lowest BCUT2D eigenvalue weighted by atomic mass is 10.0. The number of hydrogen-bond donors (Lipinski definition) is 1. The summed E-state index contributed by atoms with van der Waals surface area (Å²) in [4.78, 5) is 50.2. The van der Waals surface area contributed by atoms with E-state index in [-0.39, 0.29) is 12.6 Å². The fourth-order valence-electron chi connectivity index (χ4n) is 5.67. The average Bonchev–Trinajstić information content (AvgIpc) is 3.31. The molecule has 3 heterocycles. The van der Waals surface area contributed by atoms with Crippen molar-refractivity contribution in [3.63, 3.8) is 0 Å². The first-order valence-electron chi connectivity index (χ1n) is 14.6. The minimum Gasteiger partial charge on any atom is -0.481 e. The maximum Gasteiger partial charge on any atom is 0.434 e. The van der Waals surface area contributed by atoms with Crippen LogP contribution in [0, 0.1) is 12.3 Å². The minimum atomic E-state index is -0.737. The van der Waals surface area contributed by atoms with Crippen LogP contribution in [0.1, 0.15) is 5.56 Å². The normalized spacial score (nSPS) is 19.8. The van der Waals surface area contributed by atoms with E-state index in [0.717, 1.165) is 17.0 Å². The molecule has 2 unspecified atom stereocenters. The number of nitrogens with zero attached hydrogens (tertiary/aromatic N) is 4. The van der Waals surface area contributed by atoms with E-state index in [9.17, 15) is 14.4 Å². The van der Waals surface area contributed by atoms with Crippen molar-refractivity contribution in [2.45, 2.75) is 18.5 Å². The Morgan fingerprint density at radius 2 is 1.55 bits per heavy atom. The number of anilines is 1. The lowest BCUT2D eigenvalue weighted by molar-refractivity contribution is -0.151. The van der Waals surface area contributed by atoms with Crippen molar-refractivity contribution in [1.82, 2.24) is 20.2 Å². The summed E-state index contributed by atoms with van der Waals surface area (Å²) in [6.07, 6.45) is 5.04. The molecule has 0 aliphatic carbocycles. The molecular weight excluding hydrogens is 562 g/mol. The van der Waals surface area contributed by atoms with Crippen LogP contribution in [-0.4, -0.2) is 90.9 Å². The van der Waals surface area contributed by atoms with Crippen LogP contribution in [0.5, 0.6) is 17.2 Å². The van der Waals surface area contributed by atoms with Gasteiger partial charge in [0.25, 0.3) is 5.91 Å². The van der Waals surface area contributed by atoms with E-state index in [1.807, 2.05) is 78.9 Å². The van der Waals surface area contributed by atoms with E-state index in [1.165, 1.54) is 9.80 Å². The number of imide groups is 1. The second kappa shape index (κ2) is 13.0. The number of urea groups is 1. The first-order valence-corrected chi connectivity index (χ1v) is 14.6. The fraction of sp³-hybridized carbons (Fsp3) is 0.303. The van der Waals surface area contributed by atoms with Crippen LogP contribution in [0.25, 0.3) is 0 Å². The summed E-state index contributed by atoms with van der Waals surface area (Å²) in [5.74, 6) is 4.03. The Labute approximate surface area is 255 Å². The topological polar surface area (TPSA) is 104 Å². The van der Waals surface area contributed by atoms with Gasteiger partial charge >= 0.3 is 12.1 Å². The van der Waals surface area contributed by atoms with Gasteiger partial charge < -0.3 is 34.3 Å². The van der Waals surface area contributed by atoms with E-state index in [0.29, 0.717) is 62.3 Å². The van der Waals surface area contributed by atoms with Gasteiger partial charge in [-0.3, -0.25) is 4.79 Å². The molecule has 226 valence electrons. The van der Waals surface area contributed by atoms with Gasteiger partial charge in [-0.15, -0.1) is 6.42 Å². The molecule has 3 aliphatic rings. The van der Waals surface area contributed by atoms with Crippen LogP contribution < -0.4 is 19.7 Å². The molecule has 11 nitrogen and oxygen atoms in total. The van der Waals surface area contributed by atoms with Crippen LogP contribution in [0.3, 0.4) is 0 Å². The Morgan fingerprint density at radius 1 is 0.864 bits per heavy atom. The van der Waals surface area contributed by atoms with Gasteiger partial charge in [0, 0.05) is 45.0 Å². The Kier molecular flexibility index (Phi) is 8.52. The summed E-state index contributed by atoms with van der Waals surface area (Å²) >= 11 is 0. The highest BCUT2D eigenvalue weighted by Crippen LogP contribution is 2.28. The molecule has 0 bridgehead atoms. The zero-order valence-corrected chi connectivity index (χ0v) is 24.1. The van der Waals surface area contributed by atoms with E-state index >= 15 is 0 Å². The van der Waals surface area contributed by atoms with Crippen molar-refractivity contribution in [2.75, 3.05) is 50.8 Å². The number of hydroxylamine groups is 2. The zero-order valence-electron chi connectivity index (χ0n) is 24.1. The van der Waals surface area contributed by atoms with Crippen LogP contribution in [-0.2, 0) is 16.1 Å². The van der Waals surface area contributed by atoms with Gasteiger partial charge in [-0.05, 0) is 60.5 Å². The highest BCUT2D eigenvalue weighted by atomic mass is 16.7. The van der Waals surface area contributed by atoms with E-state index in [1.54, 1.807) is 0 Å². The molecule has 0 saturated carbocycles. The molecule has 0 radical (unpaired) electrons. The van der Waals surface area contributed by atoms with Gasteiger partial charge in [0.05, 0.1) is 6.04 Å². The van der Waals surface area contributed by atoms with Gasteiger partial charge in [-0.25, -0.2) is 9.59 Å². The highest BCUT2D eigenvalue weighted by Gasteiger charge is 2.52. The maximum absolute atomic E-state index is 13.4. The molecule has 3 aromatic rings. The lowest BCUT2D eigenvalue weighted by Crippen LogP contribution is -2.57. The largest absolute Gasteiger partial charge is 0.481 e.